The lowest BCUT2D eigenvalue weighted by Gasteiger charge is -2.30. The Kier molecular flexibility index (Phi) is 7.80. The van der Waals surface area contributed by atoms with Crippen LogP contribution < -0.4 is 14.8 Å². The Morgan fingerprint density at radius 3 is 2.38 bits per heavy atom. The highest BCUT2D eigenvalue weighted by Crippen LogP contribution is 2.40. The van der Waals surface area contributed by atoms with Crippen molar-refractivity contribution in [3.05, 3.63) is 59.7 Å². The fourth-order valence-corrected chi connectivity index (χ4v) is 3.95. The van der Waals surface area contributed by atoms with Gasteiger partial charge in [-0.3, -0.25) is 0 Å². The minimum Gasteiger partial charge on any atom is -0.493 e. The molecule has 1 saturated carbocycles. The molecular formula is C22H30ClNO2. The van der Waals surface area contributed by atoms with Gasteiger partial charge in [0, 0.05) is 18.5 Å². The number of rotatable bonds is 8. The molecule has 1 aliphatic carbocycles. The fourth-order valence-electron chi connectivity index (χ4n) is 3.95. The standard InChI is InChI=1S/C22H29NO2.ClH/c1-3-25-20-12-11-18(15-21(20)24-2)16-23-17-22(13-7-8-14-22)19-9-5-4-6-10-19;/h4-6,9-12,15,23H,3,7-8,13-14,16-17H2,1-2H3;1H. The van der Waals surface area contributed by atoms with Crippen LogP contribution in [0.4, 0.5) is 0 Å². The van der Waals surface area contributed by atoms with Crippen molar-refractivity contribution in [2.24, 2.45) is 0 Å². The first-order chi connectivity index (χ1) is 12.3. The molecule has 4 heteroatoms. The largest absolute Gasteiger partial charge is 0.493 e. The molecule has 0 unspecified atom stereocenters. The Bertz CT molecular complexity index is 669. The Morgan fingerprint density at radius 1 is 1.00 bits per heavy atom. The third-order valence-corrected chi connectivity index (χ3v) is 5.27. The van der Waals surface area contributed by atoms with E-state index in [0.717, 1.165) is 24.6 Å². The molecule has 1 aliphatic rings. The lowest BCUT2D eigenvalue weighted by Crippen LogP contribution is -2.35. The molecule has 0 aromatic heterocycles. The molecule has 3 nitrogen and oxygen atoms in total. The summed E-state index contributed by atoms with van der Waals surface area (Å²) in [5, 5.41) is 3.69. The number of nitrogens with one attached hydrogen (secondary N) is 1. The smallest absolute Gasteiger partial charge is 0.161 e. The van der Waals surface area contributed by atoms with Gasteiger partial charge in [0.25, 0.3) is 0 Å². The Labute approximate surface area is 163 Å². The molecule has 2 aromatic carbocycles. The number of hydrogen-bond donors (Lipinski definition) is 1. The number of ether oxygens (including phenoxy) is 2. The Hall–Kier alpha value is -1.71. The van der Waals surface area contributed by atoms with E-state index in [0.29, 0.717) is 6.61 Å². The van der Waals surface area contributed by atoms with Gasteiger partial charge in [0.05, 0.1) is 13.7 Å². The van der Waals surface area contributed by atoms with Gasteiger partial charge in [-0.05, 0) is 43.0 Å². The number of halogens is 1. The first-order valence-electron chi connectivity index (χ1n) is 9.33. The van der Waals surface area contributed by atoms with E-state index >= 15 is 0 Å². The van der Waals surface area contributed by atoms with Gasteiger partial charge >= 0.3 is 0 Å². The number of benzene rings is 2. The van der Waals surface area contributed by atoms with Gasteiger partial charge in [0.2, 0.25) is 0 Å². The molecule has 142 valence electrons. The maximum atomic E-state index is 5.60. The summed E-state index contributed by atoms with van der Waals surface area (Å²) >= 11 is 0. The Balaban J connectivity index is 0.00000243. The van der Waals surface area contributed by atoms with Crippen LogP contribution in [0.2, 0.25) is 0 Å². The average Bonchev–Trinajstić information content (AvgIpc) is 3.14. The molecule has 0 radical (unpaired) electrons. The minimum absolute atomic E-state index is 0. The Morgan fingerprint density at radius 2 is 1.73 bits per heavy atom. The minimum atomic E-state index is 0. The molecule has 0 amide bonds. The summed E-state index contributed by atoms with van der Waals surface area (Å²) in [5.74, 6) is 1.62. The van der Waals surface area contributed by atoms with E-state index in [9.17, 15) is 0 Å². The van der Waals surface area contributed by atoms with Crippen LogP contribution in [0, 0.1) is 0 Å². The van der Waals surface area contributed by atoms with Crippen LogP contribution in [0.25, 0.3) is 0 Å². The highest BCUT2D eigenvalue weighted by atomic mass is 35.5. The maximum absolute atomic E-state index is 5.60. The van der Waals surface area contributed by atoms with Gasteiger partial charge in [-0.2, -0.15) is 0 Å². The second kappa shape index (κ2) is 9.84. The molecule has 0 spiro atoms. The van der Waals surface area contributed by atoms with Crippen molar-refractivity contribution in [2.75, 3.05) is 20.3 Å². The number of hydrogen-bond acceptors (Lipinski definition) is 3. The van der Waals surface area contributed by atoms with E-state index in [2.05, 4.69) is 47.8 Å². The van der Waals surface area contributed by atoms with Gasteiger partial charge in [-0.15, -0.1) is 12.4 Å². The quantitative estimate of drug-likeness (QED) is 0.694. The van der Waals surface area contributed by atoms with Gasteiger partial charge < -0.3 is 14.8 Å². The summed E-state index contributed by atoms with van der Waals surface area (Å²) in [6.45, 7) is 4.50. The van der Waals surface area contributed by atoms with Gasteiger partial charge in [-0.25, -0.2) is 0 Å². The summed E-state index contributed by atoms with van der Waals surface area (Å²) in [6, 6.07) is 17.2. The molecule has 1 fully saturated rings. The first kappa shape index (κ1) is 20.6. The number of methoxy groups -OCH3 is 1. The molecule has 0 atom stereocenters. The van der Waals surface area contributed by atoms with Crippen LogP contribution in [0.5, 0.6) is 11.5 Å². The van der Waals surface area contributed by atoms with E-state index in [1.807, 2.05) is 13.0 Å². The van der Waals surface area contributed by atoms with Crippen molar-refractivity contribution >= 4 is 12.4 Å². The van der Waals surface area contributed by atoms with Gasteiger partial charge in [0.1, 0.15) is 0 Å². The molecule has 0 saturated heterocycles. The molecular weight excluding hydrogens is 346 g/mol. The molecule has 2 aromatic rings. The van der Waals surface area contributed by atoms with Crippen molar-refractivity contribution in [3.63, 3.8) is 0 Å². The lowest BCUT2D eigenvalue weighted by atomic mass is 9.79. The molecule has 3 rings (SSSR count). The normalized spacial score (nSPS) is 15.3. The highest BCUT2D eigenvalue weighted by molar-refractivity contribution is 5.85. The third-order valence-electron chi connectivity index (χ3n) is 5.27. The fraction of sp³-hybridized carbons (Fsp3) is 0.455. The zero-order chi connectivity index (χ0) is 17.5. The zero-order valence-electron chi connectivity index (χ0n) is 15.8. The predicted octanol–water partition coefficient (Wildman–Crippen LogP) is 5.12. The van der Waals surface area contributed by atoms with Crippen molar-refractivity contribution in [3.8, 4) is 11.5 Å². The monoisotopic (exact) mass is 375 g/mol. The van der Waals surface area contributed by atoms with Crippen LogP contribution in [0.1, 0.15) is 43.7 Å². The van der Waals surface area contributed by atoms with Crippen LogP contribution in [0.3, 0.4) is 0 Å². The maximum Gasteiger partial charge on any atom is 0.161 e. The summed E-state index contributed by atoms with van der Waals surface area (Å²) in [7, 11) is 1.69. The summed E-state index contributed by atoms with van der Waals surface area (Å²) < 4.78 is 11.1. The molecule has 0 bridgehead atoms. The third kappa shape index (κ3) is 4.72. The van der Waals surface area contributed by atoms with Crippen molar-refractivity contribution in [1.82, 2.24) is 5.32 Å². The predicted molar refractivity (Wildman–Crippen MR) is 110 cm³/mol. The molecule has 0 heterocycles. The van der Waals surface area contributed by atoms with Gasteiger partial charge in [-0.1, -0.05) is 49.2 Å². The van der Waals surface area contributed by atoms with Gasteiger partial charge in [0.15, 0.2) is 11.5 Å². The topological polar surface area (TPSA) is 30.5 Å². The van der Waals surface area contributed by atoms with Crippen LogP contribution in [-0.2, 0) is 12.0 Å². The lowest BCUT2D eigenvalue weighted by molar-refractivity contribution is 0.310. The second-order valence-electron chi connectivity index (χ2n) is 6.88. The zero-order valence-corrected chi connectivity index (χ0v) is 16.6. The first-order valence-corrected chi connectivity index (χ1v) is 9.33. The summed E-state index contributed by atoms with van der Waals surface area (Å²) in [5.41, 5.74) is 2.99. The molecule has 1 N–H and O–H groups in total. The van der Waals surface area contributed by atoms with E-state index in [-0.39, 0.29) is 17.8 Å². The summed E-state index contributed by atoms with van der Waals surface area (Å²) in [4.78, 5) is 0. The van der Waals surface area contributed by atoms with Crippen LogP contribution >= 0.6 is 12.4 Å². The van der Waals surface area contributed by atoms with E-state index in [4.69, 9.17) is 9.47 Å². The van der Waals surface area contributed by atoms with Crippen molar-refractivity contribution in [1.29, 1.82) is 0 Å². The molecule has 26 heavy (non-hydrogen) atoms. The van der Waals surface area contributed by atoms with Crippen LogP contribution in [-0.4, -0.2) is 20.3 Å². The average molecular weight is 376 g/mol. The van der Waals surface area contributed by atoms with Crippen molar-refractivity contribution in [2.45, 2.75) is 44.6 Å². The van der Waals surface area contributed by atoms with Crippen LogP contribution in [0.15, 0.2) is 48.5 Å². The highest BCUT2D eigenvalue weighted by Gasteiger charge is 2.34. The summed E-state index contributed by atoms with van der Waals surface area (Å²) in [6.07, 6.45) is 5.20. The van der Waals surface area contributed by atoms with E-state index in [1.54, 1.807) is 7.11 Å². The molecule has 0 aliphatic heterocycles. The SMILES string of the molecule is CCOc1ccc(CNCC2(c3ccccc3)CCCC2)cc1OC.Cl. The second-order valence-corrected chi connectivity index (χ2v) is 6.88. The van der Waals surface area contributed by atoms with E-state index in [1.165, 1.54) is 36.8 Å². The van der Waals surface area contributed by atoms with E-state index < -0.39 is 0 Å². The van der Waals surface area contributed by atoms with Crippen molar-refractivity contribution < 1.29 is 9.47 Å².